The zero-order valence-corrected chi connectivity index (χ0v) is 9.48. The third-order valence-electron chi connectivity index (χ3n) is 1.77. The molecule has 0 aliphatic heterocycles. The van der Waals surface area contributed by atoms with Gasteiger partial charge in [0.1, 0.15) is 5.75 Å². The summed E-state index contributed by atoms with van der Waals surface area (Å²) in [5.74, 6) is -0.150. The Balaban J connectivity index is 2.79. The molecule has 0 aromatic heterocycles. The quantitative estimate of drug-likeness (QED) is 0.669. The van der Waals surface area contributed by atoms with Crippen LogP contribution in [0.3, 0.4) is 0 Å². The Morgan fingerprint density at radius 1 is 1.50 bits per heavy atom. The van der Waals surface area contributed by atoms with Gasteiger partial charge in [0.15, 0.2) is 0 Å². The fraction of sp³-hybridized carbons (Fsp3) is 0.222. The van der Waals surface area contributed by atoms with Crippen LogP contribution in [-0.4, -0.2) is 22.7 Å². The lowest BCUT2D eigenvalue weighted by Gasteiger charge is -2.07. The lowest BCUT2D eigenvalue weighted by atomic mass is 10.1. The van der Waals surface area contributed by atoms with Crippen molar-refractivity contribution in [1.29, 1.82) is 0 Å². The number of carbonyl (C=O) groups is 1. The Labute approximate surface area is 92.5 Å². The highest BCUT2D eigenvalue weighted by Crippen LogP contribution is 2.37. The number of benzene rings is 1. The maximum absolute atomic E-state index is 11.1. The van der Waals surface area contributed by atoms with Crippen molar-refractivity contribution in [3.63, 3.8) is 0 Å². The maximum Gasteiger partial charge on any atom is 0.524 e. The highest BCUT2D eigenvalue weighted by atomic mass is 31.2. The number of hydrogen-bond donors (Lipinski definition) is 3. The number of phosphoric ester groups is 1. The average Bonchev–Trinajstić information content (AvgIpc) is 2.15. The van der Waals surface area contributed by atoms with Crippen molar-refractivity contribution >= 4 is 13.7 Å². The lowest BCUT2D eigenvalue weighted by molar-refractivity contribution is -0.119. The van der Waals surface area contributed by atoms with Crippen molar-refractivity contribution in [3.05, 3.63) is 29.8 Å². The van der Waals surface area contributed by atoms with E-state index in [9.17, 15) is 9.36 Å². The predicted molar refractivity (Wildman–Crippen MR) is 56.9 cm³/mol. The SMILES string of the molecule is CNC(=O)Cc1cccc(OP(=O)(O)O)c1. The lowest BCUT2D eigenvalue weighted by Crippen LogP contribution is -2.19. The number of hydrogen-bond acceptors (Lipinski definition) is 3. The summed E-state index contributed by atoms with van der Waals surface area (Å²) in [6, 6.07) is 6.05. The first-order valence-electron chi connectivity index (χ1n) is 4.45. The molecule has 1 rings (SSSR count). The van der Waals surface area contributed by atoms with Crippen molar-refractivity contribution in [3.8, 4) is 5.75 Å². The van der Waals surface area contributed by atoms with Crippen LogP contribution in [0.15, 0.2) is 24.3 Å². The monoisotopic (exact) mass is 245 g/mol. The van der Waals surface area contributed by atoms with E-state index >= 15 is 0 Å². The van der Waals surface area contributed by atoms with Gasteiger partial charge in [0.2, 0.25) is 5.91 Å². The van der Waals surface area contributed by atoms with Crippen LogP contribution in [0.4, 0.5) is 0 Å². The van der Waals surface area contributed by atoms with Crippen LogP contribution in [0, 0.1) is 0 Å². The van der Waals surface area contributed by atoms with Gasteiger partial charge in [-0.25, -0.2) is 4.57 Å². The van der Waals surface area contributed by atoms with Crippen LogP contribution >= 0.6 is 7.82 Å². The van der Waals surface area contributed by atoms with Crippen molar-refractivity contribution in [2.24, 2.45) is 0 Å². The number of carbonyl (C=O) groups excluding carboxylic acids is 1. The van der Waals surface area contributed by atoms with Gasteiger partial charge in [-0.1, -0.05) is 12.1 Å². The Morgan fingerprint density at radius 2 is 2.19 bits per heavy atom. The molecule has 1 aromatic carbocycles. The second kappa shape index (κ2) is 5.12. The van der Waals surface area contributed by atoms with Crippen molar-refractivity contribution < 1.29 is 23.7 Å². The first-order chi connectivity index (χ1) is 7.40. The minimum atomic E-state index is -4.55. The third kappa shape index (κ3) is 4.44. The molecular formula is C9H12NO5P. The summed E-state index contributed by atoms with van der Waals surface area (Å²) in [6.45, 7) is 0. The van der Waals surface area contributed by atoms with Crippen LogP contribution in [0.2, 0.25) is 0 Å². The zero-order chi connectivity index (χ0) is 12.2. The summed E-state index contributed by atoms with van der Waals surface area (Å²) in [5.41, 5.74) is 0.616. The summed E-state index contributed by atoms with van der Waals surface area (Å²) < 4.78 is 15.0. The Hall–Kier alpha value is -1.36. The van der Waals surface area contributed by atoms with Crippen LogP contribution < -0.4 is 9.84 Å². The number of phosphoric acid groups is 1. The summed E-state index contributed by atoms with van der Waals surface area (Å²) in [5, 5.41) is 2.45. The largest absolute Gasteiger partial charge is 0.524 e. The van der Waals surface area contributed by atoms with Crippen LogP contribution in [0.5, 0.6) is 5.75 Å². The Kier molecular flexibility index (Phi) is 4.06. The van der Waals surface area contributed by atoms with Gasteiger partial charge >= 0.3 is 7.82 Å². The van der Waals surface area contributed by atoms with Gasteiger partial charge in [0.25, 0.3) is 0 Å². The molecule has 16 heavy (non-hydrogen) atoms. The molecule has 0 spiro atoms. The third-order valence-corrected chi connectivity index (χ3v) is 2.21. The van der Waals surface area contributed by atoms with Gasteiger partial charge in [-0.15, -0.1) is 0 Å². The second-order valence-corrected chi connectivity index (χ2v) is 4.24. The van der Waals surface area contributed by atoms with Crippen LogP contribution in [-0.2, 0) is 15.8 Å². The van der Waals surface area contributed by atoms with Gasteiger partial charge in [-0.05, 0) is 17.7 Å². The summed E-state index contributed by atoms with van der Waals surface area (Å²) in [4.78, 5) is 28.3. The molecule has 88 valence electrons. The molecule has 7 heteroatoms. The molecule has 0 aliphatic carbocycles. The molecule has 0 bridgehead atoms. The highest BCUT2D eigenvalue weighted by molar-refractivity contribution is 7.46. The minimum absolute atomic E-state index is 0.0368. The molecule has 0 saturated carbocycles. The van der Waals surface area contributed by atoms with E-state index in [2.05, 4.69) is 9.84 Å². The summed E-state index contributed by atoms with van der Waals surface area (Å²) >= 11 is 0. The minimum Gasteiger partial charge on any atom is -0.404 e. The van der Waals surface area contributed by atoms with Crippen LogP contribution in [0.25, 0.3) is 0 Å². The fourth-order valence-corrected chi connectivity index (χ4v) is 1.51. The van der Waals surface area contributed by atoms with Gasteiger partial charge in [-0.3, -0.25) is 14.6 Å². The molecule has 1 amide bonds. The molecule has 0 heterocycles. The zero-order valence-electron chi connectivity index (χ0n) is 8.58. The van der Waals surface area contributed by atoms with E-state index in [0.29, 0.717) is 5.56 Å². The molecule has 6 nitrogen and oxygen atoms in total. The van der Waals surface area contributed by atoms with E-state index in [1.807, 2.05) is 0 Å². The topological polar surface area (TPSA) is 95.9 Å². The number of nitrogens with one attached hydrogen (secondary N) is 1. The first-order valence-corrected chi connectivity index (χ1v) is 5.98. The fourth-order valence-electron chi connectivity index (χ4n) is 1.12. The van der Waals surface area contributed by atoms with E-state index in [-0.39, 0.29) is 18.1 Å². The second-order valence-electron chi connectivity index (χ2n) is 3.08. The maximum atomic E-state index is 11.1. The molecule has 0 radical (unpaired) electrons. The van der Waals surface area contributed by atoms with Crippen molar-refractivity contribution in [2.75, 3.05) is 7.05 Å². The van der Waals surface area contributed by atoms with E-state index in [1.165, 1.54) is 19.2 Å². The van der Waals surface area contributed by atoms with E-state index in [1.54, 1.807) is 12.1 Å². The first kappa shape index (κ1) is 12.7. The van der Waals surface area contributed by atoms with Gasteiger partial charge < -0.3 is 9.84 Å². The highest BCUT2D eigenvalue weighted by Gasteiger charge is 2.15. The van der Waals surface area contributed by atoms with E-state index in [0.717, 1.165) is 0 Å². The molecule has 0 atom stereocenters. The number of rotatable bonds is 4. The average molecular weight is 245 g/mol. The molecular weight excluding hydrogens is 233 g/mol. The van der Waals surface area contributed by atoms with Gasteiger partial charge in [0.05, 0.1) is 6.42 Å². The van der Waals surface area contributed by atoms with Gasteiger partial charge in [0, 0.05) is 7.05 Å². The predicted octanol–water partition coefficient (Wildman–Crippen LogP) is 0.447. The molecule has 0 saturated heterocycles. The van der Waals surface area contributed by atoms with E-state index < -0.39 is 7.82 Å². The molecule has 0 unspecified atom stereocenters. The van der Waals surface area contributed by atoms with E-state index in [4.69, 9.17) is 9.79 Å². The Morgan fingerprint density at radius 3 is 2.75 bits per heavy atom. The smallest absolute Gasteiger partial charge is 0.404 e. The van der Waals surface area contributed by atoms with Crippen LogP contribution in [0.1, 0.15) is 5.56 Å². The standard InChI is InChI=1S/C9H12NO5P/c1-10-9(11)6-7-3-2-4-8(5-7)15-16(12,13)14/h2-5H,6H2,1H3,(H,10,11)(H2,12,13,14). The molecule has 0 aliphatic rings. The molecule has 0 fully saturated rings. The normalized spacial score (nSPS) is 10.9. The van der Waals surface area contributed by atoms with Crippen molar-refractivity contribution in [1.82, 2.24) is 5.32 Å². The Bertz CT molecular complexity index is 428. The summed E-state index contributed by atoms with van der Waals surface area (Å²) in [7, 11) is -3.04. The van der Waals surface area contributed by atoms with Crippen molar-refractivity contribution in [2.45, 2.75) is 6.42 Å². The number of amides is 1. The number of likely N-dealkylation sites (N-methyl/N-ethyl adjacent to an activating group) is 1. The molecule has 3 N–H and O–H groups in total. The van der Waals surface area contributed by atoms with Gasteiger partial charge in [-0.2, -0.15) is 0 Å². The molecule has 1 aromatic rings. The summed E-state index contributed by atoms with van der Waals surface area (Å²) in [6.07, 6.45) is 0.134.